The molecule has 0 spiro atoms. The van der Waals surface area contributed by atoms with E-state index in [1.807, 2.05) is 30.7 Å². The zero-order valence-electron chi connectivity index (χ0n) is 16.5. The predicted octanol–water partition coefficient (Wildman–Crippen LogP) is 4.22. The van der Waals surface area contributed by atoms with Crippen molar-refractivity contribution in [3.8, 4) is 5.75 Å². The number of ether oxygens (including phenoxy) is 1. The van der Waals surface area contributed by atoms with Crippen molar-refractivity contribution in [2.75, 3.05) is 0 Å². The van der Waals surface area contributed by atoms with E-state index in [-0.39, 0.29) is 17.2 Å². The van der Waals surface area contributed by atoms with Gasteiger partial charge in [-0.1, -0.05) is 43.1 Å². The topological polar surface area (TPSA) is 69.0 Å². The van der Waals surface area contributed by atoms with Crippen LogP contribution < -0.4 is 10.1 Å². The summed E-state index contributed by atoms with van der Waals surface area (Å²) < 4.78 is 7.60. The first kappa shape index (κ1) is 21.0. The van der Waals surface area contributed by atoms with E-state index in [2.05, 4.69) is 22.4 Å². The predicted molar refractivity (Wildman–Crippen MR) is 112 cm³/mol. The smallest absolute Gasteiger partial charge is 0.233 e. The van der Waals surface area contributed by atoms with Crippen LogP contribution in [0.15, 0.2) is 29.4 Å². The minimum absolute atomic E-state index is 0.0608. The molecule has 152 valence electrons. The lowest BCUT2D eigenvalue weighted by molar-refractivity contribution is -0.121. The number of aromatic nitrogens is 3. The Morgan fingerprint density at radius 2 is 2.04 bits per heavy atom. The van der Waals surface area contributed by atoms with Crippen LogP contribution in [0.4, 0.5) is 0 Å². The summed E-state index contributed by atoms with van der Waals surface area (Å²) in [6, 6.07) is 7.47. The van der Waals surface area contributed by atoms with E-state index in [9.17, 15) is 4.79 Å². The lowest BCUT2D eigenvalue weighted by atomic mass is 9.86. The van der Waals surface area contributed by atoms with Gasteiger partial charge in [-0.15, -0.1) is 10.2 Å². The number of carbonyl (C=O) groups excluding carboxylic acids is 1. The maximum Gasteiger partial charge on any atom is 0.233 e. The lowest BCUT2D eigenvalue weighted by Crippen LogP contribution is -2.44. The fraction of sp³-hybridized carbons (Fsp3) is 0.550. The molecule has 2 aromatic rings. The standard InChI is InChI=1S/C20H27ClN4O2S/c1-13-6-4-5-7-17(13)22-19(26)14(2)28-20-24-23-18(25(20)3)12-27-16-10-8-15(21)9-11-16/h8-11,13-14,17H,4-7,12H2,1-3H3,(H,22,26)/t13-,14-,17+/m1/s1. The minimum atomic E-state index is -0.234. The summed E-state index contributed by atoms with van der Waals surface area (Å²) in [5.41, 5.74) is 0. The van der Waals surface area contributed by atoms with Gasteiger partial charge in [0.2, 0.25) is 5.91 Å². The number of nitrogens with zero attached hydrogens (tertiary/aromatic N) is 3. The van der Waals surface area contributed by atoms with Gasteiger partial charge in [0.15, 0.2) is 11.0 Å². The van der Waals surface area contributed by atoms with Crippen LogP contribution in [0.3, 0.4) is 0 Å². The summed E-state index contributed by atoms with van der Waals surface area (Å²) in [7, 11) is 1.89. The molecule has 6 nitrogen and oxygen atoms in total. The first-order chi connectivity index (χ1) is 13.4. The highest BCUT2D eigenvalue weighted by molar-refractivity contribution is 8.00. The number of benzene rings is 1. The van der Waals surface area contributed by atoms with Crippen molar-refractivity contribution < 1.29 is 9.53 Å². The third-order valence-electron chi connectivity index (χ3n) is 5.20. The normalized spacial score (nSPS) is 20.6. The zero-order chi connectivity index (χ0) is 20.1. The highest BCUT2D eigenvalue weighted by Crippen LogP contribution is 2.26. The second kappa shape index (κ2) is 9.65. The quantitative estimate of drug-likeness (QED) is 0.676. The van der Waals surface area contributed by atoms with E-state index < -0.39 is 0 Å². The fourth-order valence-corrected chi connectivity index (χ4v) is 4.26. The Bertz CT molecular complexity index is 796. The summed E-state index contributed by atoms with van der Waals surface area (Å²) >= 11 is 7.30. The first-order valence-corrected chi connectivity index (χ1v) is 10.9. The summed E-state index contributed by atoms with van der Waals surface area (Å²) in [5, 5.41) is 12.8. The van der Waals surface area contributed by atoms with Gasteiger partial charge in [-0.05, 0) is 49.9 Å². The maximum absolute atomic E-state index is 12.6. The number of halogens is 1. The second-order valence-electron chi connectivity index (χ2n) is 7.34. The minimum Gasteiger partial charge on any atom is -0.486 e. The van der Waals surface area contributed by atoms with Crippen LogP contribution in [-0.2, 0) is 18.4 Å². The largest absolute Gasteiger partial charge is 0.486 e. The number of nitrogens with one attached hydrogen (secondary N) is 1. The summed E-state index contributed by atoms with van der Waals surface area (Å²) in [6.45, 7) is 4.43. The number of rotatable bonds is 7. The highest BCUT2D eigenvalue weighted by atomic mass is 35.5. The van der Waals surface area contributed by atoms with Gasteiger partial charge in [0, 0.05) is 18.1 Å². The Hall–Kier alpha value is -1.73. The van der Waals surface area contributed by atoms with E-state index in [0.29, 0.717) is 28.5 Å². The van der Waals surface area contributed by atoms with Gasteiger partial charge in [-0.2, -0.15) is 0 Å². The summed E-state index contributed by atoms with van der Waals surface area (Å²) in [4.78, 5) is 12.6. The Labute approximate surface area is 175 Å². The number of hydrogen-bond acceptors (Lipinski definition) is 5. The van der Waals surface area contributed by atoms with Gasteiger partial charge in [0.05, 0.1) is 5.25 Å². The van der Waals surface area contributed by atoms with Crippen molar-refractivity contribution in [1.82, 2.24) is 20.1 Å². The molecule has 0 bridgehead atoms. The van der Waals surface area contributed by atoms with Gasteiger partial charge >= 0.3 is 0 Å². The van der Waals surface area contributed by atoms with E-state index in [1.54, 1.807) is 12.1 Å². The van der Waals surface area contributed by atoms with E-state index in [4.69, 9.17) is 16.3 Å². The molecule has 1 amide bonds. The Balaban J connectivity index is 1.54. The number of amides is 1. The average Bonchev–Trinajstić information content (AvgIpc) is 3.03. The molecule has 8 heteroatoms. The molecule has 1 aliphatic rings. The molecular weight excluding hydrogens is 396 g/mol. The monoisotopic (exact) mass is 422 g/mol. The molecule has 1 fully saturated rings. The molecule has 28 heavy (non-hydrogen) atoms. The third-order valence-corrected chi connectivity index (χ3v) is 6.58. The van der Waals surface area contributed by atoms with Gasteiger partial charge < -0.3 is 14.6 Å². The van der Waals surface area contributed by atoms with Gasteiger partial charge in [-0.3, -0.25) is 4.79 Å². The molecule has 1 heterocycles. The number of hydrogen-bond donors (Lipinski definition) is 1. The van der Waals surface area contributed by atoms with Crippen molar-refractivity contribution in [1.29, 1.82) is 0 Å². The number of carbonyl (C=O) groups is 1. The molecule has 0 unspecified atom stereocenters. The third kappa shape index (κ3) is 5.41. The van der Waals surface area contributed by atoms with Crippen LogP contribution in [-0.4, -0.2) is 32.0 Å². The van der Waals surface area contributed by atoms with E-state index in [1.165, 1.54) is 31.0 Å². The van der Waals surface area contributed by atoms with Crippen LogP contribution in [0.2, 0.25) is 5.02 Å². The summed E-state index contributed by atoms with van der Waals surface area (Å²) in [5.74, 6) is 2.02. The molecule has 1 aliphatic carbocycles. The zero-order valence-corrected chi connectivity index (χ0v) is 18.1. The fourth-order valence-electron chi connectivity index (χ4n) is 3.29. The molecule has 1 saturated carbocycles. The maximum atomic E-state index is 12.6. The van der Waals surface area contributed by atoms with Crippen LogP contribution in [0.5, 0.6) is 5.75 Å². The van der Waals surface area contributed by atoms with Crippen LogP contribution in [0, 0.1) is 5.92 Å². The molecule has 0 aliphatic heterocycles. The molecule has 0 saturated heterocycles. The SMILES string of the molecule is C[C@@H]1CCCC[C@@H]1NC(=O)[C@@H](C)Sc1nnc(COc2ccc(Cl)cc2)n1C. The number of thioether (sulfide) groups is 1. The molecule has 1 N–H and O–H groups in total. The van der Waals surface area contributed by atoms with Crippen molar-refractivity contribution in [3.05, 3.63) is 35.1 Å². The molecule has 1 aromatic carbocycles. The summed E-state index contributed by atoms with van der Waals surface area (Å²) in [6.07, 6.45) is 4.71. The Morgan fingerprint density at radius 1 is 1.32 bits per heavy atom. The molecule has 0 radical (unpaired) electrons. The molecule has 3 atom stereocenters. The van der Waals surface area contributed by atoms with Crippen LogP contribution >= 0.6 is 23.4 Å². The molecular formula is C20H27ClN4O2S. The average molecular weight is 423 g/mol. The van der Waals surface area contributed by atoms with Gasteiger partial charge in [0.1, 0.15) is 12.4 Å². The van der Waals surface area contributed by atoms with E-state index >= 15 is 0 Å². The van der Waals surface area contributed by atoms with Gasteiger partial charge in [-0.25, -0.2) is 0 Å². The Kier molecular flexibility index (Phi) is 7.24. The highest BCUT2D eigenvalue weighted by Gasteiger charge is 2.26. The van der Waals surface area contributed by atoms with Crippen LogP contribution in [0.1, 0.15) is 45.4 Å². The second-order valence-corrected chi connectivity index (χ2v) is 9.08. The molecule has 1 aromatic heterocycles. The van der Waals surface area contributed by atoms with Crippen molar-refractivity contribution in [2.24, 2.45) is 13.0 Å². The molecule has 3 rings (SSSR count). The van der Waals surface area contributed by atoms with Crippen molar-refractivity contribution in [2.45, 2.75) is 62.6 Å². The van der Waals surface area contributed by atoms with Gasteiger partial charge in [0.25, 0.3) is 0 Å². The first-order valence-electron chi connectivity index (χ1n) is 9.67. The lowest BCUT2D eigenvalue weighted by Gasteiger charge is -2.30. The Morgan fingerprint density at radius 3 is 2.75 bits per heavy atom. The van der Waals surface area contributed by atoms with Crippen molar-refractivity contribution >= 4 is 29.3 Å². The van der Waals surface area contributed by atoms with Crippen molar-refractivity contribution in [3.63, 3.8) is 0 Å². The van der Waals surface area contributed by atoms with E-state index in [0.717, 1.165) is 12.2 Å². The van der Waals surface area contributed by atoms with Crippen LogP contribution in [0.25, 0.3) is 0 Å².